The van der Waals surface area contributed by atoms with Crippen molar-refractivity contribution in [3.63, 3.8) is 0 Å². The molecule has 4 heteroatoms. The maximum atomic E-state index is 3.49. The number of hydrogen-bond donors (Lipinski definition) is 2. The van der Waals surface area contributed by atoms with E-state index in [-0.39, 0.29) is 24.8 Å². The van der Waals surface area contributed by atoms with Gasteiger partial charge >= 0.3 is 0 Å². The number of hydrogen-bond acceptors (Lipinski definition) is 2. The van der Waals surface area contributed by atoms with Crippen LogP contribution in [-0.4, -0.2) is 24.2 Å². The normalized spacial score (nSPS) is 14.6. The molecule has 2 atom stereocenters. The lowest BCUT2D eigenvalue weighted by Crippen LogP contribution is -2.48. The Labute approximate surface area is 101 Å². The van der Waals surface area contributed by atoms with Gasteiger partial charge in [-0.15, -0.1) is 24.8 Å². The Morgan fingerprint density at radius 1 is 0.571 bits per heavy atom. The molecule has 0 fully saturated rings. The molecule has 0 aromatic carbocycles. The molecule has 0 bridgehead atoms. The summed E-state index contributed by atoms with van der Waals surface area (Å²) >= 11 is 0. The summed E-state index contributed by atoms with van der Waals surface area (Å²) < 4.78 is 0. The van der Waals surface area contributed by atoms with Crippen LogP contribution in [-0.2, 0) is 0 Å². The molecule has 0 rings (SSSR count). The van der Waals surface area contributed by atoms with Crippen LogP contribution < -0.4 is 10.6 Å². The first-order chi connectivity index (χ1) is 5.43. The van der Waals surface area contributed by atoms with Crippen molar-refractivity contribution in [2.24, 2.45) is 0 Å². The third kappa shape index (κ3) is 10.6. The molecule has 0 heterocycles. The summed E-state index contributed by atoms with van der Waals surface area (Å²) in [4.78, 5) is 0. The molecule has 0 aliphatic carbocycles. The van der Waals surface area contributed by atoms with Crippen LogP contribution in [0.2, 0.25) is 0 Å². The lowest BCUT2D eigenvalue weighted by Gasteiger charge is -2.26. The van der Waals surface area contributed by atoms with Gasteiger partial charge in [-0.25, -0.2) is 0 Å². The SMILES string of the molecule is CC(C)NC(C)C(C)NC(C)C.Cl.Cl. The molecule has 0 spiro atoms. The van der Waals surface area contributed by atoms with E-state index in [1.165, 1.54) is 0 Å². The predicted molar refractivity (Wildman–Crippen MR) is 70.0 cm³/mol. The van der Waals surface area contributed by atoms with Gasteiger partial charge in [-0.3, -0.25) is 0 Å². The number of rotatable bonds is 5. The predicted octanol–water partition coefficient (Wildman–Crippen LogP) is 2.60. The van der Waals surface area contributed by atoms with Crippen molar-refractivity contribution < 1.29 is 0 Å². The number of nitrogens with one attached hydrogen (secondary N) is 2. The van der Waals surface area contributed by atoms with Crippen LogP contribution in [0.1, 0.15) is 41.5 Å². The average molecular weight is 245 g/mol. The first-order valence-corrected chi connectivity index (χ1v) is 4.95. The van der Waals surface area contributed by atoms with E-state index in [1.54, 1.807) is 0 Å². The van der Waals surface area contributed by atoms with Gasteiger partial charge in [0, 0.05) is 24.2 Å². The molecule has 0 aromatic rings. The molecule has 0 radical (unpaired) electrons. The Balaban J connectivity index is -0.000000605. The van der Waals surface area contributed by atoms with E-state index in [2.05, 4.69) is 52.2 Å². The molecule has 0 aliphatic rings. The highest BCUT2D eigenvalue weighted by molar-refractivity contribution is 5.85. The molecular weight excluding hydrogens is 219 g/mol. The van der Waals surface area contributed by atoms with E-state index >= 15 is 0 Å². The van der Waals surface area contributed by atoms with Crippen LogP contribution in [0.3, 0.4) is 0 Å². The Morgan fingerprint density at radius 3 is 0.929 bits per heavy atom. The summed E-state index contributed by atoms with van der Waals surface area (Å²) in [6.07, 6.45) is 0. The van der Waals surface area contributed by atoms with Crippen molar-refractivity contribution in [3.05, 3.63) is 0 Å². The monoisotopic (exact) mass is 244 g/mol. The lowest BCUT2D eigenvalue weighted by atomic mass is 10.1. The summed E-state index contributed by atoms with van der Waals surface area (Å²) in [5, 5.41) is 6.97. The summed E-state index contributed by atoms with van der Waals surface area (Å²) in [6, 6.07) is 2.20. The standard InChI is InChI=1S/C10H24N2.2ClH/c1-7(2)11-9(5)10(6)12-8(3)4;;/h7-12H,1-6H3;2*1H. The average Bonchev–Trinajstić information content (AvgIpc) is 1.84. The van der Waals surface area contributed by atoms with Crippen LogP contribution in [0.4, 0.5) is 0 Å². The zero-order valence-electron chi connectivity index (χ0n) is 10.1. The lowest BCUT2D eigenvalue weighted by molar-refractivity contribution is 0.365. The zero-order chi connectivity index (χ0) is 9.72. The Kier molecular flexibility index (Phi) is 14.3. The van der Waals surface area contributed by atoms with Crippen LogP contribution >= 0.6 is 24.8 Å². The fraction of sp³-hybridized carbons (Fsp3) is 1.00. The van der Waals surface area contributed by atoms with Gasteiger partial charge in [0.1, 0.15) is 0 Å². The van der Waals surface area contributed by atoms with Gasteiger partial charge in [0.15, 0.2) is 0 Å². The van der Waals surface area contributed by atoms with Crippen molar-refractivity contribution in [2.75, 3.05) is 0 Å². The molecule has 0 aromatic heterocycles. The minimum absolute atomic E-state index is 0. The van der Waals surface area contributed by atoms with Crippen molar-refractivity contribution in [1.29, 1.82) is 0 Å². The van der Waals surface area contributed by atoms with E-state index in [9.17, 15) is 0 Å². The van der Waals surface area contributed by atoms with Crippen molar-refractivity contribution in [1.82, 2.24) is 10.6 Å². The van der Waals surface area contributed by atoms with Gasteiger partial charge in [0.2, 0.25) is 0 Å². The van der Waals surface area contributed by atoms with Gasteiger partial charge in [0.25, 0.3) is 0 Å². The quantitative estimate of drug-likeness (QED) is 0.778. The second kappa shape index (κ2) is 10.0. The van der Waals surface area contributed by atoms with Crippen LogP contribution in [0.25, 0.3) is 0 Å². The van der Waals surface area contributed by atoms with E-state index in [4.69, 9.17) is 0 Å². The summed E-state index contributed by atoms with van der Waals surface area (Å²) in [5.41, 5.74) is 0. The van der Waals surface area contributed by atoms with E-state index in [0.717, 1.165) is 0 Å². The second-order valence-corrected chi connectivity index (χ2v) is 4.22. The molecule has 0 aliphatic heterocycles. The van der Waals surface area contributed by atoms with E-state index < -0.39 is 0 Å². The highest BCUT2D eigenvalue weighted by atomic mass is 35.5. The zero-order valence-corrected chi connectivity index (χ0v) is 11.8. The first kappa shape index (κ1) is 20.0. The Hall–Kier alpha value is 0.500. The number of halogens is 2. The Bertz CT molecular complexity index is 105. The Morgan fingerprint density at radius 2 is 0.786 bits per heavy atom. The highest BCUT2D eigenvalue weighted by Crippen LogP contribution is 1.95. The maximum absolute atomic E-state index is 3.49. The van der Waals surface area contributed by atoms with Gasteiger partial charge in [0.05, 0.1) is 0 Å². The molecule has 0 amide bonds. The van der Waals surface area contributed by atoms with E-state index in [0.29, 0.717) is 24.2 Å². The summed E-state index contributed by atoms with van der Waals surface area (Å²) in [6.45, 7) is 13.2. The maximum Gasteiger partial charge on any atom is 0.0192 e. The largest absolute Gasteiger partial charge is 0.311 e. The van der Waals surface area contributed by atoms with E-state index in [1.807, 2.05) is 0 Å². The molecule has 2 nitrogen and oxygen atoms in total. The third-order valence-corrected chi connectivity index (χ3v) is 1.94. The molecule has 14 heavy (non-hydrogen) atoms. The molecule has 2 N–H and O–H groups in total. The minimum atomic E-state index is 0. The molecule has 2 unspecified atom stereocenters. The molecule has 0 saturated carbocycles. The highest BCUT2D eigenvalue weighted by Gasteiger charge is 2.12. The van der Waals surface area contributed by atoms with Crippen molar-refractivity contribution in [2.45, 2.75) is 65.7 Å². The van der Waals surface area contributed by atoms with Gasteiger partial charge in [-0.1, -0.05) is 27.7 Å². The smallest absolute Gasteiger partial charge is 0.0192 e. The van der Waals surface area contributed by atoms with Crippen molar-refractivity contribution in [3.8, 4) is 0 Å². The summed E-state index contributed by atoms with van der Waals surface area (Å²) in [5.74, 6) is 0. The van der Waals surface area contributed by atoms with Crippen molar-refractivity contribution >= 4 is 24.8 Å². The molecular formula is C10H26Cl2N2. The van der Waals surface area contributed by atoms with Gasteiger partial charge in [-0.2, -0.15) is 0 Å². The summed E-state index contributed by atoms with van der Waals surface area (Å²) in [7, 11) is 0. The fourth-order valence-corrected chi connectivity index (χ4v) is 1.34. The van der Waals surface area contributed by atoms with Crippen LogP contribution in [0.5, 0.6) is 0 Å². The third-order valence-electron chi connectivity index (χ3n) is 1.94. The molecule has 90 valence electrons. The van der Waals surface area contributed by atoms with Gasteiger partial charge in [-0.05, 0) is 13.8 Å². The molecule has 0 saturated heterocycles. The topological polar surface area (TPSA) is 24.1 Å². The van der Waals surface area contributed by atoms with Crippen LogP contribution in [0.15, 0.2) is 0 Å². The van der Waals surface area contributed by atoms with Gasteiger partial charge < -0.3 is 10.6 Å². The van der Waals surface area contributed by atoms with Crippen LogP contribution in [0, 0.1) is 0 Å². The fourth-order valence-electron chi connectivity index (χ4n) is 1.34. The second-order valence-electron chi connectivity index (χ2n) is 4.22. The first-order valence-electron chi connectivity index (χ1n) is 4.95. The minimum Gasteiger partial charge on any atom is -0.311 e.